The molecule has 0 radical (unpaired) electrons. The van der Waals surface area contributed by atoms with Crippen LogP contribution < -0.4 is 10.1 Å². The SMILES string of the molecule is COc1cc2c3[nH][nH]c(NCc4ccccc4C)c-3cc2cc1F. The predicted octanol–water partition coefficient (Wildman–Crippen LogP) is 4.67. The summed E-state index contributed by atoms with van der Waals surface area (Å²) < 4.78 is 19.0. The van der Waals surface area contributed by atoms with E-state index in [-0.39, 0.29) is 11.6 Å². The van der Waals surface area contributed by atoms with Crippen LogP contribution >= 0.6 is 0 Å². The lowest BCUT2D eigenvalue weighted by Crippen LogP contribution is -2.01. The molecule has 1 aliphatic heterocycles. The molecule has 1 aliphatic carbocycles. The van der Waals surface area contributed by atoms with Gasteiger partial charge < -0.3 is 10.1 Å². The number of aryl methyl sites for hydroxylation is 1. The smallest absolute Gasteiger partial charge is 0.165 e. The number of ether oxygens (including phenoxy) is 1. The van der Waals surface area contributed by atoms with Gasteiger partial charge in [0, 0.05) is 17.5 Å². The Morgan fingerprint density at radius 1 is 1.12 bits per heavy atom. The molecule has 24 heavy (non-hydrogen) atoms. The summed E-state index contributed by atoms with van der Waals surface area (Å²) in [6.45, 7) is 2.81. The second-order valence-corrected chi connectivity index (χ2v) is 5.91. The van der Waals surface area contributed by atoms with Gasteiger partial charge in [-0.3, -0.25) is 10.2 Å². The maximum Gasteiger partial charge on any atom is 0.165 e. The van der Waals surface area contributed by atoms with Crippen molar-refractivity contribution in [3.05, 3.63) is 59.4 Å². The number of hydrogen-bond donors (Lipinski definition) is 3. The molecule has 0 unspecified atom stereocenters. The molecule has 0 bridgehead atoms. The van der Waals surface area contributed by atoms with Gasteiger partial charge in [-0.1, -0.05) is 24.3 Å². The molecule has 4 rings (SSSR count). The van der Waals surface area contributed by atoms with Crippen LogP contribution in [0.25, 0.3) is 22.0 Å². The van der Waals surface area contributed by atoms with E-state index in [9.17, 15) is 4.39 Å². The van der Waals surface area contributed by atoms with Crippen molar-refractivity contribution in [3.63, 3.8) is 0 Å². The largest absolute Gasteiger partial charge is 0.494 e. The zero-order valence-electron chi connectivity index (χ0n) is 13.5. The molecule has 0 fully saturated rings. The molecule has 1 heterocycles. The van der Waals surface area contributed by atoms with Crippen molar-refractivity contribution in [3.8, 4) is 17.0 Å². The van der Waals surface area contributed by atoms with Crippen LogP contribution in [-0.2, 0) is 6.54 Å². The molecule has 0 amide bonds. The van der Waals surface area contributed by atoms with E-state index < -0.39 is 0 Å². The Labute approximate surface area is 139 Å². The highest BCUT2D eigenvalue weighted by Gasteiger charge is 2.19. The van der Waals surface area contributed by atoms with Gasteiger partial charge in [-0.25, -0.2) is 4.39 Å². The molecule has 4 nitrogen and oxygen atoms in total. The van der Waals surface area contributed by atoms with E-state index in [1.807, 2.05) is 18.2 Å². The Morgan fingerprint density at radius 3 is 2.75 bits per heavy atom. The third kappa shape index (κ3) is 2.29. The summed E-state index contributed by atoms with van der Waals surface area (Å²) >= 11 is 0. The van der Waals surface area contributed by atoms with E-state index in [4.69, 9.17) is 4.74 Å². The molecular formula is C19H18FN3O. The third-order valence-corrected chi connectivity index (χ3v) is 4.46. The van der Waals surface area contributed by atoms with Gasteiger partial charge in [0.1, 0.15) is 5.82 Å². The highest BCUT2D eigenvalue weighted by atomic mass is 19.1. The lowest BCUT2D eigenvalue weighted by Gasteiger charge is -2.07. The summed E-state index contributed by atoms with van der Waals surface area (Å²) in [5.74, 6) is 0.791. The highest BCUT2D eigenvalue weighted by Crippen LogP contribution is 2.39. The topological polar surface area (TPSA) is 52.8 Å². The number of fused-ring (bicyclic) bond motifs is 3. The van der Waals surface area contributed by atoms with Crippen molar-refractivity contribution < 1.29 is 9.13 Å². The number of hydrogen-bond acceptors (Lipinski definition) is 2. The Balaban J connectivity index is 1.68. The fourth-order valence-electron chi connectivity index (χ4n) is 3.09. The number of aromatic nitrogens is 2. The molecular weight excluding hydrogens is 305 g/mol. The quantitative estimate of drug-likeness (QED) is 0.511. The Bertz CT molecular complexity index is 986. The normalized spacial score (nSPS) is 11.3. The van der Waals surface area contributed by atoms with Crippen LogP contribution in [0, 0.1) is 12.7 Å². The van der Waals surface area contributed by atoms with Gasteiger partial charge in [-0.15, -0.1) is 0 Å². The minimum atomic E-state index is -0.351. The average Bonchev–Trinajstić information content (AvgIpc) is 3.12. The maximum atomic E-state index is 13.9. The summed E-state index contributed by atoms with van der Waals surface area (Å²) in [5, 5.41) is 11.5. The van der Waals surface area contributed by atoms with Gasteiger partial charge >= 0.3 is 0 Å². The zero-order valence-corrected chi connectivity index (χ0v) is 13.5. The number of H-pyrrole nitrogens is 2. The molecule has 0 spiro atoms. The first kappa shape index (κ1) is 14.6. The predicted molar refractivity (Wildman–Crippen MR) is 94.3 cm³/mol. The van der Waals surface area contributed by atoms with Crippen LogP contribution in [0.2, 0.25) is 0 Å². The summed E-state index contributed by atoms with van der Waals surface area (Å²) in [4.78, 5) is 0. The molecule has 0 saturated carbocycles. The Hall–Kier alpha value is -2.95. The first-order chi connectivity index (χ1) is 11.7. The number of halogens is 1. The summed E-state index contributed by atoms with van der Waals surface area (Å²) in [5.41, 5.74) is 4.43. The van der Waals surface area contributed by atoms with Crippen molar-refractivity contribution in [1.29, 1.82) is 0 Å². The van der Waals surface area contributed by atoms with Gasteiger partial charge in [0.15, 0.2) is 11.6 Å². The Kier molecular flexibility index (Phi) is 3.41. The molecule has 3 N–H and O–H groups in total. The molecule has 2 aromatic rings. The minimum absolute atomic E-state index is 0.249. The number of aromatic amines is 2. The number of rotatable bonds is 4. The lowest BCUT2D eigenvalue weighted by molar-refractivity contribution is 0.387. The van der Waals surface area contributed by atoms with Crippen molar-refractivity contribution in [1.82, 2.24) is 10.2 Å². The molecule has 2 aliphatic rings. The van der Waals surface area contributed by atoms with Crippen LogP contribution in [0.5, 0.6) is 5.75 Å². The zero-order chi connectivity index (χ0) is 16.7. The summed E-state index contributed by atoms with van der Waals surface area (Å²) in [6, 6.07) is 13.5. The van der Waals surface area contributed by atoms with E-state index in [1.165, 1.54) is 24.3 Å². The minimum Gasteiger partial charge on any atom is -0.494 e. The standard InChI is InChI=1S/C19H18FN3O/c1-11-5-3-4-6-12(11)10-21-19-15-7-13-8-16(20)17(24-2)9-14(13)18(15)22-23-19/h3-9,21-23H,10H2,1-2H3. The molecule has 2 aromatic carbocycles. The van der Waals surface area contributed by atoms with E-state index in [0.29, 0.717) is 0 Å². The third-order valence-electron chi connectivity index (χ3n) is 4.46. The fourth-order valence-corrected chi connectivity index (χ4v) is 3.09. The average molecular weight is 323 g/mol. The van der Waals surface area contributed by atoms with Gasteiger partial charge in [0.05, 0.1) is 12.8 Å². The van der Waals surface area contributed by atoms with Gasteiger partial charge in [-0.2, -0.15) is 0 Å². The number of benzene rings is 2. The number of anilines is 1. The highest BCUT2D eigenvalue weighted by molar-refractivity contribution is 6.04. The second-order valence-electron chi connectivity index (χ2n) is 5.91. The summed E-state index contributed by atoms with van der Waals surface area (Å²) in [6.07, 6.45) is 0. The van der Waals surface area contributed by atoms with Gasteiger partial charge in [-0.05, 0) is 41.6 Å². The van der Waals surface area contributed by atoms with Crippen LogP contribution in [0.1, 0.15) is 11.1 Å². The molecule has 122 valence electrons. The maximum absolute atomic E-state index is 13.9. The van der Waals surface area contributed by atoms with E-state index >= 15 is 0 Å². The lowest BCUT2D eigenvalue weighted by atomic mass is 10.1. The first-order valence-corrected chi connectivity index (χ1v) is 7.82. The van der Waals surface area contributed by atoms with Gasteiger partial charge in [0.25, 0.3) is 0 Å². The van der Waals surface area contributed by atoms with E-state index in [2.05, 4.69) is 34.6 Å². The van der Waals surface area contributed by atoms with Crippen LogP contribution in [-0.4, -0.2) is 17.3 Å². The fraction of sp³-hybridized carbons (Fsp3) is 0.158. The number of methoxy groups -OCH3 is 1. The van der Waals surface area contributed by atoms with Crippen molar-refractivity contribution in [2.75, 3.05) is 12.4 Å². The molecule has 5 heteroatoms. The second kappa shape index (κ2) is 5.60. The number of nitrogens with one attached hydrogen (secondary N) is 3. The molecule has 0 atom stereocenters. The Morgan fingerprint density at radius 2 is 1.96 bits per heavy atom. The van der Waals surface area contributed by atoms with Crippen molar-refractivity contribution in [2.45, 2.75) is 13.5 Å². The summed E-state index contributed by atoms with van der Waals surface area (Å²) in [7, 11) is 1.47. The van der Waals surface area contributed by atoms with Crippen molar-refractivity contribution >= 4 is 16.6 Å². The van der Waals surface area contributed by atoms with E-state index in [0.717, 1.165) is 34.4 Å². The van der Waals surface area contributed by atoms with E-state index in [1.54, 1.807) is 6.07 Å². The monoisotopic (exact) mass is 323 g/mol. The molecule has 0 aromatic heterocycles. The van der Waals surface area contributed by atoms with Crippen molar-refractivity contribution in [2.24, 2.45) is 0 Å². The van der Waals surface area contributed by atoms with Crippen LogP contribution in [0.3, 0.4) is 0 Å². The van der Waals surface area contributed by atoms with Crippen LogP contribution in [0.15, 0.2) is 42.5 Å². The van der Waals surface area contributed by atoms with Crippen LogP contribution in [0.4, 0.5) is 10.2 Å². The first-order valence-electron chi connectivity index (χ1n) is 7.82. The molecule has 0 saturated heterocycles. The van der Waals surface area contributed by atoms with Gasteiger partial charge in [0.2, 0.25) is 0 Å².